The maximum atomic E-state index is 11.4. The molecule has 2 atom stereocenters. The van der Waals surface area contributed by atoms with Gasteiger partial charge in [0.25, 0.3) is 0 Å². The molecule has 1 aromatic rings. The van der Waals surface area contributed by atoms with E-state index in [1.165, 1.54) is 11.1 Å². The quantitative estimate of drug-likeness (QED) is 0.717. The van der Waals surface area contributed by atoms with Crippen molar-refractivity contribution in [3.8, 4) is 0 Å². The fourth-order valence-electron chi connectivity index (χ4n) is 2.11. The summed E-state index contributed by atoms with van der Waals surface area (Å²) in [5.74, 6) is 0.637. The van der Waals surface area contributed by atoms with Crippen molar-refractivity contribution in [3.05, 3.63) is 35.4 Å². The molecule has 1 aliphatic rings. The van der Waals surface area contributed by atoms with Crippen LogP contribution >= 0.6 is 0 Å². The summed E-state index contributed by atoms with van der Waals surface area (Å²) in [5, 5.41) is 2.91. The molecule has 1 saturated heterocycles. The van der Waals surface area contributed by atoms with Gasteiger partial charge in [-0.3, -0.25) is 4.79 Å². The summed E-state index contributed by atoms with van der Waals surface area (Å²) in [4.78, 5) is 11.4. The molecule has 0 saturated carbocycles. The lowest BCUT2D eigenvalue weighted by molar-refractivity contribution is -0.122. The Morgan fingerprint density at radius 3 is 2.64 bits per heavy atom. The third-order valence-electron chi connectivity index (χ3n) is 3.10. The summed E-state index contributed by atoms with van der Waals surface area (Å²) in [6.45, 7) is 4.88. The van der Waals surface area contributed by atoms with E-state index in [4.69, 9.17) is 0 Å². The van der Waals surface area contributed by atoms with Crippen molar-refractivity contribution in [3.63, 3.8) is 0 Å². The molecule has 0 aromatic heterocycles. The van der Waals surface area contributed by atoms with Crippen LogP contribution in [0.5, 0.6) is 0 Å². The first-order chi connectivity index (χ1) is 6.70. The number of carbonyl (C=O) groups is 1. The smallest absolute Gasteiger partial charge is 0.223 e. The van der Waals surface area contributed by atoms with E-state index in [-0.39, 0.29) is 11.8 Å². The van der Waals surface area contributed by atoms with Crippen LogP contribution in [0.25, 0.3) is 0 Å². The third kappa shape index (κ3) is 1.41. The van der Waals surface area contributed by atoms with Gasteiger partial charge in [0.1, 0.15) is 0 Å². The van der Waals surface area contributed by atoms with Crippen LogP contribution in [0.3, 0.4) is 0 Å². The highest BCUT2D eigenvalue weighted by Gasteiger charge is 2.32. The Labute approximate surface area is 84.3 Å². The second-order valence-electron chi connectivity index (χ2n) is 4.00. The highest BCUT2D eigenvalue weighted by Crippen LogP contribution is 2.30. The molecule has 1 fully saturated rings. The molecule has 1 aromatic carbocycles. The predicted molar refractivity (Wildman–Crippen MR) is 56.1 cm³/mol. The summed E-state index contributed by atoms with van der Waals surface area (Å²) in [6, 6.07) is 8.30. The van der Waals surface area contributed by atoms with Crippen molar-refractivity contribution < 1.29 is 4.79 Å². The van der Waals surface area contributed by atoms with Gasteiger partial charge in [-0.05, 0) is 18.1 Å². The predicted octanol–water partition coefficient (Wildman–Crippen LogP) is 1.84. The Morgan fingerprint density at radius 2 is 2.07 bits per heavy atom. The number of amides is 1. The van der Waals surface area contributed by atoms with E-state index in [0.717, 1.165) is 6.54 Å². The second kappa shape index (κ2) is 3.45. The van der Waals surface area contributed by atoms with Gasteiger partial charge in [0.15, 0.2) is 0 Å². The van der Waals surface area contributed by atoms with Crippen LogP contribution in [0, 0.1) is 12.8 Å². The van der Waals surface area contributed by atoms with Crippen LogP contribution in [0.2, 0.25) is 0 Å². The molecule has 1 aliphatic heterocycles. The topological polar surface area (TPSA) is 29.1 Å². The Balaban J connectivity index is 2.32. The van der Waals surface area contributed by atoms with E-state index in [0.29, 0.717) is 5.92 Å². The first-order valence-electron chi connectivity index (χ1n) is 5.03. The zero-order chi connectivity index (χ0) is 10.1. The monoisotopic (exact) mass is 189 g/mol. The van der Waals surface area contributed by atoms with Gasteiger partial charge in [0.2, 0.25) is 5.91 Å². The zero-order valence-corrected chi connectivity index (χ0v) is 8.58. The standard InChI is InChI=1S/C12H15NO/c1-8-5-3-4-6-10(8)11-7-13-12(14)9(11)2/h3-6,9,11H,7H2,1-2H3,(H,13,14). The minimum Gasteiger partial charge on any atom is -0.355 e. The third-order valence-corrected chi connectivity index (χ3v) is 3.10. The first-order valence-corrected chi connectivity index (χ1v) is 5.03. The number of hydrogen-bond donors (Lipinski definition) is 1. The van der Waals surface area contributed by atoms with Crippen LogP contribution in [-0.2, 0) is 4.79 Å². The molecule has 2 nitrogen and oxygen atoms in total. The molecule has 2 rings (SSSR count). The highest BCUT2D eigenvalue weighted by atomic mass is 16.2. The molecule has 0 spiro atoms. The van der Waals surface area contributed by atoms with Gasteiger partial charge in [0, 0.05) is 18.4 Å². The molecule has 0 aliphatic carbocycles. The van der Waals surface area contributed by atoms with Gasteiger partial charge in [-0.15, -0.1) is 0 Å². The Bertz CT molecular complexity index is 359. The van der Waals surface area contributed by atoms with Crippen molar-refractivity contribution in [2.24, 2.45) is 5.92 Å². The van der Waals surface area contributed by atoms with E-state index in [9.17, 15) is 4.79 Å². The second-order valence-corrected chi connectivity index (χ2v) is 4.00. The van der Waals surface area contributed by atoms with Crippen LogP contribution in [0.1, 0.15) is 24.0 Å². The van der Waals surface area contributed by atoms with E-state index < -0.39 is 0 Å². The van der Waals surface area contributed by atoms with Crippen molar-refractivity contribution >= 4 is 5.91 Å². The van der Waals surface area contributed by atoms with Gasteiger partial charge in [-0.1, -0.05) is 31.2 Å². The fraction of sp³-hybridized carbons (Fsp3) is 0.417. The first kappa shape index (κ1) is 9.25. The normalized spacial score (nSPS) is 26.3. The molecule has 1 heterocycles. The number of rotatable bonds is 1. The maximum absolute atomic E-state index is 11.4. The summed E-state index contributed by atoms with van der Waals surface area (Å²) in [6.07, 6.45) is 0. The van der Waals surface area contributed by atoms with Crippen molar-refractivity contribution in [1.29, 1.82) is 0 Å². The SMILES string of the molecule is Cc1ccccc1C1CNC(=O)C1C. The van der Waals surface area contributed by atoms with Crippen LogP contribution in [0.4, 0.5) is 0 Å². The summed E-state index contributed by atoms with van der Waals surface area (Å²) in [7, 11) is 0. The Morgan fingerprint density at radius 1 is 1.36 bits per heavy atom. The van der Waals surface area contributed by atoms with Gasteiger partial charge in [0.05, 0.1) is 0 Å². The maximum Gasteiger partial charge on any atom is 0.223 e. The van der Waals surface area contributed by atoms with E-state index in [1.54, 1.807) is 0 Å². The molecule has 0 bridgehead atoms. The van der Waals surface area contributed by atoms with Crippen molar-refractivity contribution in [1.82, 2.24) is 5.32 Å². The summed E-state index contributed by atoms with van der Waals surface area (Å²) >= 11 is 0. The van der Waals surface area contributed by atoms with Crippen LogP contribution in [-0.4, -0.2) is 12.5 Å². The number of nitrogens with one attached hydrogen (secondary N) is 1. The molecule has 1 N–H and O–H groups in total. The minimum atomic E-state index is 0.107. The van der Waals surface area contributed by atoms with Gasteiger partial charge < -0.3 is 5.32 Å². The molecule has 74 valence electrons. The van der Waals surface area contributed by atoms with Gasteiger partial charge >= 0.3 is 0 Å². The average molecular weight is 189 g/mol. The summed E-state index contributed by atoms with van der Waals surface area (Å²) in [5.41, 5.74) is 2.58. The highest BCUT2D eigenvalue weighted by molar-refractivity contribution is 5.82. The fourth-order valence-corrected chi connectivity index (χ4v) is 2.11. The molecule has 2 heteroatoms. The van der Waals surface area contributed by atoms with E-state index in [1.807, 2.05) is 19.1 Å². The Hall–Kier alpha value is -1.31. The molecule has 14 heavy (non-hydrogen) atoms. The summed E-state index contributed by atoms with van der Waals surface area (Å²) < 4.78 is 0. The Kier molecular flexibility index (Phi) is 2.28. The molecular weight excluding hydrogens is 174 g/mol. The van der Waals surface area contributed by atoms with Gasteiger partial charge in [-0.25, -0.2) is 0 Å². The zero-order valence-electron chi connectivity index (χ0n) is 8.58. The van der Waals surface area contributed by atoms with Crippen molar-refractivity contribution in [2.75, 3.05) is 6.54 Å². The van der Waals surface area contributed by atoms with Gasteiger partial charge in [-0.2, -0.15) is 0 Å². The number of benzene rings is 1. The molecule has 2 unspecified atom stereocenters. The number of aryl methyl sites for hydroxylation is 1. The van der Waals surface area contributed by atoms with Crippen LogP contribution in [0.15, 0.2) is 24.3 Å². The van der Waals surface area contributed by atoms with Crippen molar-refractivity contribution in [2.45, 2.75) is 19.8 Å². The van der Waals surface area contributed by atoms with E-state index in [2.05, 4.69) is 24.4 Å². The number of hydrogen-bond acceptors (Lipinski definition) is 1. The largest absolute Gasteiger partial charge is 0.355 e. The van der Waals surface area contributed by atoms with E-state index >= 15 is 0 Å². The molecule has 0 radical (unpaired) electrons. The average Bonchev–Trinajstić information content (AvgIpc) is 2.49. The lowest BCUT2D eigenvalue weighted by Crippen LogP contribution is -2.16. The lowest BCUT2D eigenvalue weighted by atomic mass is 9.87. The number of carbonyl (C=O) groups excluding carboxylic acids is 1. The minimum absolute atomic E-state index is 0.107. The lowest BCUT2D eigenvalue weighted by Gasteiger charge is -2.15. The molecule has 1 amide bonds. The molecular formula is C12H15NO. The van der Waals surface area contributed by atoms with Crippen LogP contribution < -0.4 is 5.32 Å².